The lowest BCUT2D eigenvalue weighted by molar-refractivity contribution is 0.308. The molecule has 0 bridgehead atoms. The van der Waals surface area contributed by atoms with Crippen molar-refractivity contribution in [2.24, 2.45) is 59.2 Å². The molecule has 0 aliphatic heterocycles. The van der Waals surface area contributed by atoms with Gasteiger partial charge in [0.1, 0.15) is 11.6 Å². The number of hydrogen-bond acceptors (Lipinski definition) is 0. The smallest absolute Gasteiger partial charge is 0.126 e. The van der Waals surface area contributed by atoms with Crippen molar-refractivity contribution in [3.63, 3.8) is 0 Å². The van der Waals surface area contributed by atoms with Crippen molar-refractivity contribution >= 4 is 8.41 Å². The second-order valence-electron chi connectivity index (χ2n) is 30.7. The Kier molecular flexibility index (Phi) is 50.9. The fourth-order valence-electron chi connectivity index (χ4n) is 11.5. The lowest BCUT2D eigenvalue weighted by Crippen LogP contribution is -2.08. The Morgan fingerprint density at radius 3 is 0.457 bits per heavy atom. The molecule has 0 nitrogen and oxygen atoms in total. The van der Waals surface area contributed by atoms with E-state index in [1.54, 1.807) is 26.0 Å². The quantitative estimate of drug-likeness (QED) is 0.133. The SMILES string of the molecule is C.CC1CCC(C)CC1.CC1CCC(C)CC1.CC1CCC(C)CC1.CC1CCC(C)CC1.CC1CCC(C)CC1.Cc1ccc(C)c(C)c1C.Cc1ccc(C)c(F)c1.Cc1ccc(C)c(F)c1.Cc1ccc(C)cc1.Cc1ccc(C)cc1.Cc1ccc(C)cc1.[2HH].[B].[HH].[HH]. The Balaban J connectivity index is -0.000000319. The Morgan fingerprint density at radius 1 is 0.223 bits per heavy atom. The highest BCUT2D eigenvalue weighted by Gasteiger charge is 2.16. The summed E-state index contributed by atoms with van der Waals surface area (Å²) in [5.74, 6) is 9.96. The second-order valence-corrected chi connectivity index (χ2v) is 30.7. The van der Waals surface area contributed by atoms with Crippen LogP contribution in [0.15, 0.2) is 121 Å². The van der Waals surface area contributed by atoms with Crippen LogP contribution in [0.2, 0.25) is 0 Å². The molecule has 5 aliphatic rings. The molecule has 6 aromatic rings. The summed E-state index contributed by atoms with van der Waals surface area (Å²) in [4.78, 5) is 0. The first-order valence-electron chi connectivity index (χ1n) is 36.9. The molecule has 3 heteroatoms. The second kappa shape index (κ2) is 52.4. The number of halogens is 2. The third-order valence-electron chi connectivity index (χ3n) is 20.2. The lowest BCUT2D eigenvalue weighted by Gasteiger charge is -2.22. The Labute approximate surface area is 590 Å². The van der Waals surface area contributed by atoms with Crippen molar-refractivity contribution < 1.29 is 13.1 Å². The molecule has 0 unspecified atom stereocenters. The fraction of sp³-hybridized carbons (Fsp3) is 0.604. The van der Waals surface area contributed by atoms with Gasteiger partial charge in [0.25, 0.3) is 0 Å². The van der Waals surface area contributed by atoms with Crippen LogP contribution in [0.3, 0.4) is 0 Å². The van der Waals surface area contributed by atoms with Gasteiger partial charge in [-0.3, -0.25) is 0 Å². The number of benzene rings is 6. The van der Waals surface area contributed by atoms with Gasteiger partial charge in [-0.05, 0) is 213 Å². The van der Waals surface area contributed by atoms with Crippen molar-refractivity contribution in [3.05, 3.63) is 211 Å². The summed E-state index contributed by atoms with van der Waals surface area (Å²) >= 11 is 0. The number of hydrogen-bond donors (Lipinski definition) is 0. The standard InChI is InChI=1S/C10H14.2C8H9F.5C8H16.3C8H10.CH4.B.3H2/c1-7-5-6-8(2)10(4)9(7)3;2*1-6-3-4-7(2)8(9)5-6;8*1-7-3-5-8(2)6-4-7;;;;;/h5-6H,1-4H3;2*3-5H,1-2H3;5*7-8H,3-6H2,1-2H3;3*3-6H,1-2H3;1H4;;3*1H/i;;;;;;;;;;;;;1+1;;. The number of aryl methyl sites for hydroxylation is 12. The van der Waals surface area contributed by atoms with Crippen LogP contribution in [0.25, 0.3) is 0 Å². The van der Waals surface area contributed by atoms with Gasteiger partial charge in [-0.15, -0.1) is 0 Å². The molecule has 0 N–H and O–H groups in total. The monoisotopic (exact) mass is 1300 g/mol. The van der Waals surface area contributed by atoms with Crippen LogP contribution < -0.4 is 0 Å². The molecule has 5 fully saturated rings. The topological polar surface area (TPSA) is 0 Å². The van der Waals surface area contributed by atoms with E-state index in [1.165, 1.54) is 196 Å². The predicted molar refractivity (Wildman–Crippen MR) is 428 cm³/mol. The molecule has 0 amide bonds. The van der Waals surface area contributed by atoms with E-state index >= 15 is 0 Å². The van der Waals surface area contributed by atoms with Crippen molar-refractivity contribution in [1.29, 1.82) is 0 Å². The van der Waals surface area contributed by atoms with Gasteiger partial charge < -0.3 is 0 Å². The van der Waals surface area contributed by atoms with E-state index in [9.17, 15) is 8.78 Å². The molecular formula is C91H152BF2. The summed E-state index contributed by atoms with van der Waals surface area (Å²) in [5.41, 5.74) is 17.0. The van der Waals surface area contributed by atoms with Crippen molar-refractivity contribution in [2.45, 2.75) is 302 Å². The fourth-order valence-corrected chi connectivity index (χ4v) is 11.5. The van der Waals surface area contributed by atoms with Gasteiger partial charge >= 0.3 is 0 Å². The summed E-state index contributed by atoms with van der Waals surface area (Å²) in [6.45, 7) is 52.2. The average Bonchev–Trinajstić information content (AvgIpc) is 1.81. The first-order chi connectivity index (χ1) is 43.3. The minimum Gasteiger partial charge on any atom is -0.207 e. The zero-order chi connectivity index (χ0) is 69.3. The van der Waals surface area contributed by atoms with Gasteiger partial charge in [-0.25, -0.2) is 8.78 Å². The molecule has 3 radical (unpaired) electrons. The first kappa shape index (κ1) is 91.3. The summed E-state index contributed by atoms with van der Waals surface area (Å²) < 4.78 is 25.2. The normalized spacial score (nSPS) is 22.2. The zero-order valence-electron chi connectivity index (χ0n) is 64.8. The van der Waals surface area contributed by atoms with Crippen LogP contribution in [0.5, 0.6) is 0 Å². The van der Waals surface area contributed by atoms with E-state index in [2.05, 4.69) is 223 Å². The van der Waals surface area contributed by atoms with Gasteiger partial charge in [0.2, 0.25) is 0 Å². The van der Waals surface area contributed by atoms with Crippen molar-refractivity contribution in [1.82, 2.24) is 0 Å². The zero-order valence-corrected chi connectivity index (χ0v) is 64.8. The minimum atomic E-state index is -0.116. The molecular weight excluding hydrogens is 1140 g/mol. The third kappa shape index (κ3) is 46.4. The summed E-state index contributed by atoms with van der Waals surface area (Å²) in [7, 11) is 0. The van der Waals surface area contributed by atoms with E-state index in [0.29, 0.717) is 11.1 Å². The highest BCUT2D eigenvalue weighted by molar-refractivity contribution is 5.75. The predicted octanol–water partition coefficient (Wildman–Crippen LogP) is 29.9. The molecule has 0 saturated heterocycles. The van der Waals surface area contributed by atoms with E-state index in [4.69, 9.17) is 0 Å². The van der Waals surface area contributed by atoms with Gasteiger partial charge in [-0.2, -0.15) is 0 Å². The van der Waals surface area contributed by atoms with Crippen LogP contribution in [0, 0.1) is 168 Å². The van der Waals surface area contributed by atoms with Crippen LogP contribution >= 0.6 is 0 Å². The molecule has 6 aromatic carbocycles. The summed E-state index contributed by atoms with van der Waals surface area (Å²) in [6, 6.07) is 40.2. The molecule has 0 heterocycles. The maximum Gasteiger partial charge on any atom is 0.126 e. The minimum absolute atomic E-state index is 0. The maximum atomic E-state index is 12.6. The Morgan fingerprint density at radius 2 is 0.340 bits per heavy atom. The van der Waals surface area contributed by atoms with Gasteiger partial charge in [0.15, 0.2) is 0 Å². The van der Waals surface area contributed by atoms with Gasteiger partial charge in [-0.1, -0.05) is 348 Å². The van der Waals surface area contributed by atoms with Crippen LogP contribution in [0.1, 0.15) is 287 Å². The molecule has 5 saturated carbocycles. The Bertz CT molecular complexity index is 2360. The molecule has 0 spiro atoms. The van der Waals surface area contributed by atoms with Crippen LogP contribution in [-0.4, -0.2) is 8.41 Å². The van der Waals surface area contributed by atoms with Gasteiger partial charge in [0, 0.05) is 12.7 Å². The van der Waals surface area contributed by atoms with Crippen LogP contribution in [0.4, 0.5) is 8.78 Å². The molecule has 0 aromatic heterocycles. The van der Waals surface area contributed by atoms with E-state index in [-0.39, 0.29) is 31.8 Å². The van der Waals surface area contributed by atoms with Crippen molar-refractivity contribution in [3.8, 4) is 0 Å². The van der Waals surface area contributed by atoms with E-state index in [0.717, 1.165) is 70.3 Å². The van der Waals surface area contributed by atoms with E-state index in [1.807, 2.05) is 26.0 Å². The lowest BCUT2D eigenvalue weighted by atomic mass is 9.84. The third-order valence-corrected chi connectivity index (χ3v) is 20.2. The summed E-state index contributed by atoms with van der Waals surface area (Å²) in [6.07, 6.45) is 29.5. The van der Waals surface area contributed by atoms with Crippen LogP contribution in [-0.2, 0) is 0 Å². The highest BCUT2D eigenvalue weighted by atomic mass is 19.1. The van der Waals surface area contributed by atoms with Crippen molar-refractivity contribution in [2.75, 3.05) is 0 Å². The largest absolute Gasteiger partial charge is 0.207 e. The van der Waals surface area contributed by atoms with E-state index < -0.39 is 0 Å². The molecule has 533 valence electrons. The maximum absolute atomic E-state index is 12.6. The molecule has 5 aliphatic carbocycles. The molecule has 11 rings (SSSR count). The molecule has 94 heavy (non-hydrogen) atoms. The number of rotatable bonds is 0. The average molecular weight is 1300 g/mol. The molecule has 0 atom stereocenters. The highest BCUT2D eigenvalue weighted by Crippen LogP contribution is 2.31. The van der Waals surface area contributed by atoms with Gasteiger partial charge in [0.05, 0.1) is 0 Å². The summed E-state index contributed by atoms with van der Waals surface area (Å²) in [5, 5.41) is 0. The first-order valence-corrected chi connectivity index (χ1v) is 36.9. The Hall–Kier alpha value is -4.76.